The number of benzene rings is 1. The lowest BCUT2D eigenvalue weighted by molar-refractivity contribution is -0.137. The SMILES string of the molecule is CC(C)n1ncc2cc(C(=O)NC(CC(=O)O)c3ccccc3)cnc21. The van der Waals surface area contributed by atoms with E-state index in [4.69, 9.17) is 5.11 Å². The molecule has 0 spiro atoms. The highest BCUT2D eigenvalue weighted by Gasteiger charge is 2.19. The van der Waals surface area contributed by atoms with E-state index in [1.165, 1.54) is 6.20 Å². The summed E-state index contributed by atoms with van der Waals surface area (Å²) < 4.78 is 1.79. The van der Waals surface area contributed by atoms with Crippen LogP contribution in [-0.4, -0.2) is 31.7 Å². The molecule has 26 heavy (non-hydrogen) atoms. The van der Waals surface area contributed by atoms with Gasteiger partial charge in [-0.15, -0.1) is 0 Å². The van der Waals surface area contributed by atoms with E-state index in [1.54, 1.807) is 29.1 Å². The minimum atomic E-state index is -0.981. The fourth-order valence-corrected chi connectivity index (χ4v) is 2.80. The molecule has 0 radical (unpaired) electrons. The molecule has 1 atom stereocenters. The zero-order valence-electron chi connectivity index (χ0n) is 14.6. The highest BCUT2D eigenvalue weighted by Crippen LogP contribution is 2.19. The molecule has 3 aromatic rings. The van der Waals surface area contributed by atoms with Gasteiger partial charge in [0, 0.05) is 17.6 Å². The lowest BCUT2D eigenvalue weighted by Gasteiger charge is -2.17. The Bertz CT molecular complexity index is 934. The van der Waals surface area contributed by atoms with Crippen molar-refractivity contribution < 1.29 is 14.7 Å². The number of amides is 1. The molecule has 0 aliphatic heterocycles. The molecule has 2 N–H and O–H groups in total. The number of fused-ring (bicyclic) bond motifs is 1. The average Bonchev–Trinajstić information content (AvgIpc) is 3.05. The van der Waals surface area contributed by atoms with Gasteiger partial charge in [-0.05, 0) is 25.5 Å². The number of hydrogen-bond acceptors (Lipinski definition) is 4. The van der Waals surface area contributed by atoms with Crippen molar-refractivity contribution in [2.75, 3.05) is 0 Å². The number of hydrogen-bond donors (Lipinski definition) is 2. The van der Waals surface area contributed by atoms with Crippen LogP contribution in [0.3, 0.4) is 0 Å². The summed E-state index contributed by atoms with van der Waals surface area (Å²) in [5, 5.41) is 17.0. The fourth-order valence-electron chi connectivity index (χ4n) is 2.80. The second kappa shape index (κ2) is 7.35. The summed E-state index contributed by atoms with van der Waals surface area (Å²) >= 11 is 0. The molecule has 1 aromatic carbocycles. The molecule has 7 nitrogen and oxygen atoms in total. The number of aliphatic carboxylic acids is 1. The highest BCUT2D eigenvalue weighted by molar-refractivity contribution is 5.97. The number of carbonyl (C=O) groups excluding carboxylic acids is 1. The molecular formula is C19H20N4O3. The first kappa shape index (κ1) is 17.6. The molecule has 1 unspecified atom stereocenters. The van der Waals surface area contributed by atoms with Crippen LogP contribution in [0, 0.1) is 0 Å². The maximum Gasteiger partial charge on any atom is 0.305 e. The van der Waals surface area contributed by atoms with Crippen LogP contribution in [0.4, 0.5) is 0 Å². The molecule has 7 heteroatoms. The van der Waals surface area contributed by atoms with Gasteiger partial charge in [0.1, 0.15) is 0 Å². The number of nitrogens with zero attached hydrogens (tertiary/aromatic N) is 3. The molecule has 2 aromatic heterocycles. The number of aromatic nitrogens is 3. The number of carbonyl (C=O) groups is 2. The van der Waals surface area contributed by atoms with Crippen molar-refractivity contribution in [3.05, 3.63) is 59.9 Å². The Hall–Kier alpha value is -3.22. The molecule has 1 amide bonds. The zero-order valence-corrected chi connectivity index (χ0v) is 14.6. The predicted octanol–water partition coefficient (Wildman–Crippen LogP) is 2.96. The third-order valence-electron chi connectivity index (χ3n) is 4.07. The van der Waals surface area contributed by atoms with E-state index in [-0.39, 0.29) is 18.4 Å². The Balaban J connectivity index is 1.85. The Labute approximate surface area is 150 Å². The maximum atomic E-state index is 12.6. The predicted molar refractivity (Wildman–Crippen MR) is 96.8 cm³/mol. The lowest BCUT2D eigenvalue weighted by Crippen LogP contribution is -2.30. The van der Waals surface area contributed by atoms with E-state index in [0.717, 1.165) is 10.9 Å². The van der Waals surface area contributed by atoms with Gasteiger partial charge in [0.15, 0.2) is 5.65 Å². The standard InChI is InChI=1S/C19H20N4O3/c1-12(2)23-18-14(11-21-23)8-15(10-20-18)19(26)22-16(9-17(24)25)13-6-4-3-5-7-13/h3-8,10-12,16H,9H2,1-2H3,(H,22,26)(H,24,25). The van der Waals surface area contributed by atoms with Crippen molar-refractivity contribution in [2.24, 2.45) is 0 Å². The molecular weight excluding hydrogens is 332 g/mol. The van der Waals surface area contributed by atoms with Gasteiger partial charge in [-0.2, -0.15) is 5.10 Å². The van der Waals surface area contributed by atoms with Gasteiger partial charge in [-0.1, -0.05) is 30.3 Å². The summed E-state index contributed by atoms with van der Waals surface area (Å²) in [6, 6.07) is 10.3. The second-order valence-electron chi connectivity index (χ2n) is 6.35. The van der Waals surface area contributed by atoms with Crippen LogP contribution in [0.15, 0.2) is 48.8 Å². The third kappa shape index (κ3) is 3.72. The number of nitrogens with one attached hydrogen (secondary N) is 1. The first-order valence-corrected chi connectivity index (χ1v) is 8.36. The monoisotopic (exact) mass is 352 g/mol. The second-order valence-corrected chi connectivity index (χ2v) is 6.35. The summed E-state index contributed by atoms with van der Waals surface area (Å²) in [5.74, 6) is -1.35. The smallest absolute Gasteiger partial charge is 0.305 e. The van der Waals surface area contributed by atoms with E-state index >= 15 is 0 Å². The minimum Gasteiger partial charge on any atom is -0.481 e. The molecule has 3 rings (SSSR count). The average molecular weight is 352 g/mol. The Kier molecular flexibility index (Phi) is 4.97. The van der Waals surface area contributed by atoms with Crippen molar-refractivity contribution in [3.63, 3.8) is 0 Å². The van der Waals surface area contributed by atoms with Gasteiger partial charge in [0.2, 0.25) is 0 Å². The van der Waals surface area contributed by atoms with Crippen LogP contribution in [0.25, 0.3) is 11.0 Å². The van der Waals surface area contributed by atoms with Crippen LogP contribution in [-0.2, 0) is 4.79 Å². The first-order chi connectivity index (χ1) is 12.5. The maximum absolute atomic E-state index is 12.6. The van der Waals surface area contributed by atoms with E-state index < -0.39 is 12.0 Å². The van der Waals surface area contributed by atoms with Crippen LogP contribution in [0.5, 0.6) is 0 Å². The first-order valence-electron chi connectivity index (χ1n) is 8.36. The molecule has 0 aliphatic carbocycles. The summed E-state index contributed by atoms with van der Waals surface area (Å²) in [5.41, 5.74) is 1.82. The van der Waals surface area contributed by atoms with Gasteiger partial charge in [0.25, 0.3) is 5.91 Å². The molecule has 0 fully saturated rings. The normalized spacial score (nSPS) is 12.3. The minimum absolute atomic E-state index is 0.165. The number of rotatable bonds is 6. The zero-order chi connectivity index (χ0) is 18.7. The molecule has 0 saturated heterocycles. The van der Waals surface area contributed by atoms with E-state index in [1.807, 2.05) is 32.0 Å². The van der Waals surface area contributed by atoms with Gasteiger partial charge < -0.3 is 10.4 Å². The van der Waals surface area contributed by atoms with Crippen LogP contribution < -0.4 is 5.32 Å². The van der Waals surface area contributed by atoms with Gasteiger partial charge in [0.05, 0.1) is 24.2 Å². The van der Waals surface area contributed by atoms with E-state index in [9.17, 15) is 9.59 Å². The van der Waals surface area contributed by atoms with Gasteiger partial charge >= 0.3 is 5.97 Å². The van der Waals surface area contributed by atoms with E-state index in [0.29, 0.717) is 11.2 Å². The van der Waals surface area contributed by atoms with E-state index in [2.05, 4.69) is 15.4 Å². The summed E-state index contributed by atoms with van der Waals surface area (Å²) in [6.07, 6.45) is 2.96. The topological polar surface area (TPSA) is 97.1 Å². The van der Waals surface area contributed by atoms with Crippen molar-refractivity contribution >= 4 is 22.9 Å². The molecule has 134 valence electrons. The van der Waals surface area contributed by atoms with Crippen molar-refractivity contribution in [1.82, 2.24) is 20.1 Å². The summed E-state index contributed by atoms with van der Waals surface area (Å²) in [7, 11) is 0. The van der Waals surface area contributed by atoms with Crippen LogP contribution in [0.2, 0.25) is 0 Å². The van der Waals surface area contributed by atoms with Crippen molar-refractivity contribution in [2.45, 2.75) is 32.4 Å². The highest BCUT2D eigenvalue weighted by atomic mass is 16.4. The molecule has 2 heterocycles. The summed E-state index contributed by atoms with van der Waals surface area (Å²) in [4.78, 5) is 28.1. The molecule has 0 saturated carbocycles. The van der Waals surface area contributed by atoms with Gasteiger partial charge in [-0.25, -0.2) is 9.67 Å². The summed E-state index contributed by atoms with van der Waals surface area (Å²) in [6.45, 7) is 4.01. The Morgan fingerprint density at radius 3 is 2.58 bits per heavy atom. The fraction of sp³-hybridized carbons (Fsp3) is 0.263. The van der Waals surface area contributed by atoms with Crippen LogP contribution >= 0.6 is 0 Å². The number of pyridine rings is 1. The quantitative estimate of drug-likeness (QED) is 0.711. The van der Waals surface area contributed by atoms with Crippen molar-refractivity contribution in [1.29, 1.82) is 0 Å². The largest absolute Gasteiger partial charge is 0.481 e. The van der Waals surface area contributed by atoms with Crippen LogP contribution in [0.1, 0.15) is 48.3 Å². The Morgan fingerprint density at radius 1 is 1.19 bits per heavy atom. The molecule has 0 aliphatic rings. The number of carboxylic acid groups (broad SMARTS) is 1. The lowest BCUT2D eigenvalue weighted by atomic mass is 10.0. The molecule has 0 bridgehead atoms. The van der Waals surface area contributed by atoms with Gasteiger partial charge in [-0.3, -0.25) is 9.59 Å². The third-order valence-corrected chi connectivity index (χ3v) is 4.07. The number of carboxylic acids is 1. The Morgan fingerprint density at radius 2 is 1.92 bits per heavy atom. The van der Waals surface area contributed by atoms with Crippen molar-refractivity contribution in [3.8, 4) is 0 Å².